The lowest BCUT2D eigenvalue weighted by Crippen LogP contribution is -2.51. The van der Waals surface area contributed by atoms with Crippen LogP contribution in [0.1, 0.15) is 28.2 Å². The van der Waals surface area contributed by atoms with Crippen LogP contribution in [0.4, 0.5) is 5.95 Å². The van der Waals surface area contributed by atoms with Crippen molar-refractivity contribution in [1.29, 1.82) is 0 Å². The van der Waals surface area contributed by atoms with Gasteiger partial charge in [-0.05, 0) is 38.5 Å². The predicted octanol–water partition coefficient (Wildman–Crippen LogP) is 1.78. The molecule has 0 bridgehead atoms. The first kappa shape index (κ1) is 16.4. The number of aliphatic hydroxyl groups is 1. The Balaban J connectivity index is 1.64. The summed E-state index contributed by atoms with van der Waals surface area (Å²) >= 11 is 0. The van der Waals surface area contributed by atoms with Crippen molar-refractivity contribution in [2.75, 3.05) is 18.4 Å². The maximum absolute atomic E-state index is 12.5. The molecule has 1 aromatic carbocycles. The number of nitrogens with zero attached hydrogens (tertiary/aromatic N) is 3. The molecule has 2 atom stereocenters. The van der Waals surface area contributed by atoms with Crippen molar-refractivity contribution in [2.24, 2.45) is 0 Å². The van der Waals surface area contributed by atoms with Crippen molar-refractivity contribution in [3.05, 3.63) is 53.3 Å². The standard InChI is InChI=1S/C18H22N4O2/c1-12-10-13(2)20-18(19-12)21-15-8-9-22(11-16(15)23)17(24)14-6-4-3-5-7-14/h3-7,10,15-16,23H,8-9,11H2,1-2H3,(H,19,20,21)/t15-,16-/m1/s1. The SMILES string of the molecule is Cc1cc(C)nc(N[C@@H]2CCN(C(=O)c3ccccc3)C[C@H]2O)n1. The van der Waals surface area contributed by atoms with Crippen LogP contribution in [0.15, 0.2) is 36.4 Å². The fourth-order valence-corrected chi connectivity index (χ4v) is 3.00. The molecule has 2 aromatic rings. The predicted molar refractivity (Wildman–Crippen MR) is 91.9 cm³/mol. The average Bonchev–Trinajstić information content (AvgIpc) is 2.56. The zero-order valence-electron chi connectivity index (χ0n) is 13.9. The molecule has 1 aromatic heterocycles. The summed E-state index contributed by atoms with van der Waals surface area (Å²) in [7, 11) is 0. The summed E-state index contributed by atoms with van der Waals surface area (Å²) in [6.45, 7) is 4.72. The number of hydrogen-bond donors (Lipinski definition) is 2. The van der Waals surface area contributed by atoms with Gasteiger partial charge in [0.1, 0.15) is 0 Å². The molecule has 6 heteroatoms. The Bertz CT molecular complexity index is 700. The Labute approximate surface area is 141 Å². The van der Waals surface area contributed by atoms with E-state index in [1.54, 1.807) is 17.0 Å². The van der Waals surface area contributed by atoms with Crippen molar-refractivity contribution < 1.29 is 9.90 Å². The van der Waals surface area contributed by atoms with Crippen molar-refractivity contribution in [2.45, 2.75) is 32.4 Å². The number of anilines is 1. The Hall–Kier alpha value is -2.47. The molecule has 1 fully saturated rings. The highest BCUT2D eigenvalue weighted by molar-refractivity contribution is 5.94. The Morgan fingerprint density at radius 3 is 2.50 bits per heavy atom. The Morgan fingerprint density at radius 2 is 1.88 bits per heavy atom. The molecule has 0 saturated carbocycles. The lowest BCUT2D eigenvalue weighted by molar-refractivity contribution is 0.0425. The van der Waals surface area contributed by atoms with Gasteiger partial charge in [-0.15, -0.1) is 0 Å². The van der Waals surface area contributed by atoms with E-state index in [9.17, 15) is 9.90 Å². The average molecular weight is 326 g/mol. The number of aryl methyl sites for hydroxylation is 2. The van der Waals surface area contributed by atoms with Crippen LogP contribution < -0.4 is 5.32 Å². The van der Waals surface area contributed by atoms with Crippen LogP contribution in [0.2, 0.25) is 0 Å². The molecule has 0 unspecified atom stereocenters. The van der Waals surface area contributed by atoms with Crippen molar-refractivity contribution in [3.8, 4) is 0 Å². The van der Waals surface area contributed by atoms with Crippen LogP contribution in [0, 0.1) is 13.8 Å². The van der Waals surface area contributed by atoms with E-state index in [-0.39, 0.29) is 11.9 Å². The van der Waals surface area contributed by atoms with Gasteiger partial charge in [-0.3, -0.25) is 4.79 Å². The van der Waals surface area contributed by atoms with E-state index in [0.29, 0.717) is 31.0 Å². The zero-order valence-corrected chi connectivity index (χ0v) is 13.9. The summed E-state index contributed by atoms with van der Waals surface area (Å²) in [5.74, 6) is 0.482. The fourth-order valence-electron chi connectivity index (χ4n) is 3.00. The van der Waals surface area contributed by atoms with Crippen LogP contribution >= 0.6 is 0 Å². The Kier molecular flexibility index (Phi) is 4.76. The quantitative estimate of drug-likeness (QED) is 0.899. The van der Waals surface area contributed by atoms with Crippen LogP contribution in [-0.4, -0.2) is 51.1 Å². The minimum absolute atomic E-state index is 0.0456. The van der Waals surface area contributed by atoms with Crippen LogP contribution in [0.5, 0.6) is 0 Å². The van der Waals surface area contributed by atoms with Gasteiger partial charge < -0.3 is 15.3 Å². The smallest absolute Gasteiger partial charge is 0.253 e. The first-order valence-electron chi connectivity index (χ1n) is 8.14. The van der Waals surface area contributed by atoms with E-state index in [1.165, 1.54) is 0 Å². The number of benzene rings is 1. The molecule has 2 heterocycles. The monoisotopic (exact) mass is 326 g/mol. The van der Waals surface area contributed by atoms with Crippen LogP contribution in [0.3, 0.4) is 0 Å². The summed E-state index contributed by atoms with van der Waals surface area (Å²) in [6, 6.07) is 10.9. The van der Waals surface area contributed by atoms with Crippen molar-refractivity contribution >= 4 is 11.9 Å². The molecule has 1 aliphatic rings. The third kappa shape index (κ3) is 3.71. The highest BCUT2D eigenvalue weighted by Gasteiger charge is 2.31. The number of hydrogen-bond acceptors (Lipinski definition) is 5. The number of carbonyl (C=O) groups is 1. The number of amides is 1. The van der Waals surface area contributed by atoms with E-state index in [0.717, 1.165) is 11.4 Å². The molecular weight excluding hydrogens is 304 g/mol. The summed E-state index contributed by atoms with van der Waals surface area (Å²) in [5.41, 5.74) is 2.42. The number of aromatic nitrogens is 2. The molecule has 3 rings (SSSR count). The minimum atomic E-state index is -0.657. The first-order chi connectivity index (χ1) is 11.5. The second-order valence-corrected chi connectivity index (χ2v) is 6.20. The fraction of sp³-hybridized carbons (Fsp3) is 0.389. The van der Waals surface area contributed by atoms with Gasteiger partial charge in [-0.25, -0.2) is 9.97 Å². The highest BCUT2D eigenvalue weighted by Crippen LogP contribution is 2.17. The van der Waals surface area contributed by atoms with Gasteiger partial charge in [0, 0.05) is 30.0 Å². The second kappa shape index (κ2) is 6.97. The van der Waals surface area contributed by atoms with Crippen LogP contribution in [0.25, 0.3) is 0 Å². The molecule has 0 radical (unpaired) electrons. The van der Waals surface area contributed by atoms with E-state index in [2.05, 4.69) is 15.3 Å². The number of aliphatic hydroxyl groups excluding tert-OH is 1. The lowest BCUT2D eigenvalue weighted by Gasteiger charge is -2.36. The Morgan fingerprint density at radius 1 is 1.21 bits per heavy atom. The summed E-state index contributed by atoms with van der Waals surface area (Å²) in [6.07, 6.45) is -0.00774. The topological polar surface area (TPSA) is 78.4 Å². The van der Waals surface area contributed by atoms with Gasteiger partial charge in [-0.2, -0.15) is 0 Å². The molecule has 1 amide bonds. The number of β-amino-alcohol motifs (C(OH)–C–C–N with tert-alkyl or cyclic N) is 1. The first-order valence-corrected chi connectivity index (χ1v) is 8.14. The molecule has 1 aliphatic heterocycles. The third-order valence-corrected chi connectivity index (χ3v) is 4.19. The van der Waals surface area contributed by atoms with Gasteiger partial charge in [0.15, 0.2) is 0 Å². The van der Waals surface area contributed by atoms with Crippen molar-refractivity contribution in [1.82, 2.24) is 14.9 Å². The minimum Gasteiger partial charge on any atom is -0.389 e. The van der Waals surface area contributed by atoms with Gasteiger partial charge in [0.25, 0.3) is 5.91 Å². The molecule has 126 valence electrons. The molecule has 6 nitrogen and oxygen atoms in total. The highest BCUT2D eigenvalue weighted by atomic mass is 16.3. The third-order valence-electron chi connectivity index (χ3n) is 4.19. The number of rotatable bonds is 3. The lowest BCUT2D eigenvalue weighted by atomic mass is 10.0. The summed E-state index contributed by atoms with van der Waals surface area (Å²) < 4.78 is 0. The second-order valence-electron chi connectivity index (χ2n) is 6.20. The van der Waals surface area contributed by atoms with E-state index >= 15 is 0 Å². The van der Waals surface area contributed by atoms with Crippen LogP contribution in [-0.2, 0) is 0 Å². The number of likely N-dealkylation sites (tertiary alicyclic amines) is 1. The van der Waals surface area contributed by atoms with Gasteiger partial charge in [-0.1, -0.05) is 18.2 Å². The molecule has 0 aliphatic carbocycles. The van der Waals surface area contributed by atoms with Gasteiger partial charge in [0.05, 0.1) is 12.1 Å². The van der Waals surface area contributed by atoms with Crippen molar-refractivity contribution in [3.63, 3.8) is 0 Å². The maximum Gasteiger partial charge on any atom is 0.253 e. The zero-order chi connectivity index (χ0) is 17.1. The molecular formula is C18H22N4O2. The van der Waals surface area contributed by atoms with E-state index in [4.69, 9.17) is 0 Å². The molecule has 0 spiro atoms. The van der Waals surface area contributed by atoms with E-state index in [1.807, 2.05) is 38.1 Å². The largest absolute Gasteiger partial charge is 0.389 e. The van der Waals surface area contributed by atoms with Gasteiger partial charge >= 0.3 is 0 Å². The summed E-state index contributed by atoms with van der Waals surface area (Å²) in [5, 5.41) is 13.6. The number of carbonyl (C=O) groups excluding carboxylic acids is 1. The number of nitrogens with one attached hydrogen (secondary N) is 1. The molecule has 1 saturated heterocycles. The number of piperidine rings is 1. The summed E-state index contributed by atoms with van der Waals surface area (Å²) in [4.78, 5) is 22.9. The van der Waals surface area contributed by atoms with Gasteiger partial charge in [0.2, 0.25) is 5.95 Å². The molecule has 24 heavy (non-hydrogen) atoms. The maximum atomic E-state index is 12.5. The van der Waals surface area contributed by atoms with E-state index < -0.39 is 6.10 Å². The normalized spacial score (nSPS) is 20.7. The molecule has 2 N–H and O–H groups in total.